The lowest BCUT2D eigenvalue weighted by Crippen LogP contribution is -2.40. The predicted octanol–water partition coefficient (Wildman–Crippen LogP) is 5.58. The monoisotopic (exact) mass is 530 g/mol. The van der Waals surface area contributed by atoms with E-state index in [9.17, 15) is 9.59 Å². The van der Waals surface area contributed by atoms with Gasteiger partial charge in [0.1, 0.15) is 6.04 Å². The summed E-state index contributed by atoms with van der Waals surface area (Å²) in [6, 6.07) is 15.4. The Bertz CT molecular complexity index is 1480. The molecule has 6 rings (SSSR count). The summed E-state index contributed by atoms with van der Waals surface area (Å²) in [6.07, 6.45) is 4.36. The van der Waals surface area contributed by atoms with Crippen molar-refractivity contribution < 1.29 is 19.1 Å². The molecule has 2 aliphatic heterocycles. The highest BCUT2D eigenvalue weighted by atomic mass is 32.1. The molecule has 9 heteroatoms. The van der Waals surface area contributed by atoms with E-state index in [0.717, 1.165) is 49.1 Å². The van der Waals surface area contributed by atoms with Crippen molar-refractivity contribution in [1.82, 2.24) is 14.5 Å². The zero-order chi connectivity index (χ0) is 26.1. The van der Waals surface area contributed by atoms with Crippen molar-refractivity contribution in [3.05, 3.63) is 59.5 Å². The van der Waals surface area contributed by atoms with Gasteiger partial charge in [0, 0.05) is 19.2 Å². The average Bonchev–Trinajstić information content (AvgIpc) is 3.69. The van der Waals surface area contributed by atoms with Crippen LogP contribution in [0, 0.1) is 0 Å². The molecule has 1 N–H and O–H groups in total. The van der Waals surface area contributed by atoms with E-state index in [2.05, 4.69) is 45.6 Å². The van der Waals surface area contributed by atoms with E-state index in [1.807, 2.05) is 6.07 Å². The summed E-state index contributed by atoms with van der Waals surface area (Å²) in [5.41, 5.74) is 3.10. The van der Waals surface area contributed by atoms with E-state index in [1.54, 1.807) is 35.5 Å². The highest BCUT2D eigenvalue weighted by molar-refractivity contribution is 7.13. The third-order valence-electron chi connectivity index (χ3n) is 7.29. The van der Waals surface area contributed by atoms with Gasteiger partial charge in [-0.1, -0.05) is 18.2 Å². The number of carbonyl (C=O) groups excluding carboxylic acids is 2. The first-order valence-electron chi connectivity index (χ1n) is 13.1. The number of carbonyl (C=O) groups is 2. The molecule has 196 valence electrons. The lowest BCUT2D eigenvalue weighted by molar-refractivity contribution is -0.119. The van der Waals surface area contributed by atoms with Gasteiger partial charge in [0.15, 0.2) is 17.3 Å². The van der Waals surface area contributed by atoms with E-state index in [1.165, 1.54) is 4.88 Å². The van der Waals surface area contributed by atoms with Gasteiger partial charge in [0.05, 0.1) is 40.9 Å². The molecule has 0 radical (unpaired) electrons. The van der Waals surface area contributed by atoms with E-state index in [-0.39, 0.29) is 11.8 Å². The normalized spacial score (nSPS) is 16.8. The van der Waals surface area contributed by atoms with Crippen LogP contribution in [0.15, 0.2) is 53.9 Å². The van der Waals surface area contributed by atoms with Crippen LogP contribution in [0.2, 0.25) is 0 Å². The third kappa shape index (κ3) is 4.51. The number of hydrogen-bond acceptors (Lipinski definition) is 6. The zero-order valence-electron chi connectivity index (χ0n) is 21.3. The average molecular weight is 531 g/mol. The van der Waals surface area contributed by atoms with E-state index >= 15 is 0 Å². The minimum absolute atomic E-state index is 0.139. The van der Waals surface area contributed by atoms with Gasteiger partial charge in [-0.2, -0.15) is 0 Å². The Balaban J connectivity index is 1.09. The molecular formula is C29H30N4O4S. The number of thiophene rings is 1. The number of nitrogens with one attached hydrogen (secondary N) is 1. The number of imidazole rings is 1. The highest BCUT2D eigenvalue weighted by Crippen LogP contribution is 2.37. The molecule has 0 spiro atoms. The molecule has 0 unspecified atom stereocenters. The largest absolute Gasteiger partial charge is 0.493 e. The molecule has 2 amide bonds. The molecule has 1 atom stereocenters. The lowest BCUT2D eigenvalue weighted by Gasteiger charge is -2.20. The number of anilines is 1. The van der Waals surface area contributed by atoms with Gasteiger partial charge in [0.25, 0.3) is 5.91 Å². The Morgan fingerprint density at radius 1 is 1.08 bits per heavy atom. The van der Waals surface area contributed by atoms with Crippen molar-refractivity contribution in [2.45, 2.75) is 44.7 Å². The molecule has 1 fully saturated rings. The molecule has 4 aromatic rings. The number of methoxy groups -OCH3 is 1. The molecule has 2 aromatic heterocycles. The maximum Gasteiger partial charge on any atom is 0.256 e. The zero-order valence-corrected chi connectivity index (χ0v) is 22.1. The number of benzene rings is 2. The van der Waals surface area contributed by atoms with Crippen LogP contribution in [0.5, 0.6) is 11.5 Å². The molecule has 2 aromatic carbocycles. The second kappa shape index (κ2) is 10.5. The van der Waals surface area contributed by atoms with E-state index < -0.39 is 6.04 Å². The molecule has 1 saturated heterocycles. The minimum Gasteiger partial charge on any atom is -0.493 e. The van der Waals surface area contributed by atoms with Crippen molar-refractivity contribution in [2.24, 2.45) is 0 Å². The molecule has 0 bridgehead atoms. The SMILES string of the molecule is COc1cc2c(cc1OCCCCCn1c(-c3cccs3)nc3ccccc31)NC(=O)[C@@H]1CCCN1C2=O. The number of para-hydroxylation sites is 2. The number of aryl methyl sites for hydroxylation is 1. The van der Waals surface area contributed by atoms with Crippen LogP contribution in [0.3, 0.4) is 0 Å². The summed E-state index contributed by atoms with van der Waals surface area (Å²) in [7, 11) is 1.56. The van der Waals surface area contributed by atoms with Gasteiger partial charge in [-0.25, -0.2) is 4.98 Å². The van der Waals surface area contributed by atoms with Crippen LogP contribution in [0.25, 0.3) is 21.7 Å². The second-order valence-electron chi connectivity index (χ2n) is 9.66. The fourth-order valence-corrected chi connectivity index (χ4v) is 6.11. The fraction of sp³-hybridized carbons (Fsp3) is 0.345. The minimum atomic E-state index is -0.404. The Kier molecular flexibility index (Phi) is 6.76. The third-order valence-corrected chi connectivity index (χ3v) is 8.15. The smallest absolute Gasteiger partial charge is 0.256 e. The van der Waals surface area contributed by atoms with Gasteiger partial charge in [-0.05, 0) is 61.7 Å². The molecule has 0 aliphatic carbocycles. The first kappa shape index (κ1) is 24.5. The molecule has 38 heavy (non-hydrogen) atoms. The van der Waals surface area contributed by atoms with E-state index in [0.29, 0.717) is 42.3 Å². The predicted molar refractivity (Wildman–Crippen MR) is 148 cm³/mol. The van der Waals surface area contributed by atoms with Crippen molar-refractivity contribution >= 4 is 39.9 Å². The number of ether oxygens (including phenoxy) is 2. The van der Waals surface area contributed by atoms with Crippen molar-refractivity contribution in [2.75, 3.05) is 25.6 Å². The van der Waals surface area contributed by atoms with Crippen LogP contribution in [-0.4, -0.2) is 52.6 Å². The van der Waals surface area contributed by atoms with Crippen LogP contribution >= 0.6 is 11.3 Å². The van der Waals surface area contributed by atoms with Gasteiger partial charge in [-0.3, -0.25) is 9.59 Å². The number of hydrogen-bond donors (Lipinski definition) is 1. The number of rotatable bonds is 9. The first-order chi connectivity index (χ1) is 18.6. The summed E-state index contributed by atoms with van der Waals surface area (Å²) in [5.74, 6) is 1.76. The molecule has 2 aliphatic rings. The fourth-order valence-electron chi connectivity index (χ4n) is 5.39. The Hall–Kier alpha value is -3.85. The van der Waals surface area contributed by atoms with E-state index in [4.69, 9.17) is 14.5 Å². The lowest BCUT2D eigenvalue weighted by atomic mass is 10.1. The topological polar surface area (TPSA) is 85.7 Å². The summed E-state index contributed by atoms with van der Waals surface area (Å²) >= 11 is 1.70. The van der Waals surface area contributed by atoms with Gasteiger partial charge < -0.3 is 24.3 Å². The maximum atomic E-state index is 13.1. The van der Waals surface area contributed by atoms with Gasteiger partial charge >= 0.3 is 0 Å². The number of fused-ring (bicyclic) bond motifs is 3. The van der Waals surface area contributed by atoms with Crippen LogP contribution in [-0.2, 0) is 11.3 Å². The van der Waals surface area contributed by atoms with Gasteiger partial charge in [-0.15, -0.1) is 11.3 Å². The first-order valence-corrected chi connectivity index (χ1v) is 14.0. The molecule has 4 heterocycles. The summed E-state index contributed by atoms with van der Waals surface area (Å²) < 4.78 is 13.9. The maximum absolute atomic E-state index is 13.1. The Morgan fingerprint density at radius 3 is 2.82 bits per heavy atom. The van der Waals surface area contributed by atoms with Gasteiger partial charge in [0.2, 0.25) is 5.91 Å². The molecule has 0 saturated carbocycles. The van der Waals surface area contributed by atoms with Crippen molar-refractivity contribution in [3.8, 4) is 22.2 Å². The second-order valence-corrected chi connectivity index (χ2v) is 10.6. The molecule has 8 nitrogen and oxygen atoms in total. The Labute approximate surface area is 225 Å². The quantitative estimate of drug-likeness (QED) is 0.286. The summed E-state index contributed by atoms with van der Waals surface area (Å²) in [4.78, 5) is 33.5. The highest BCUT2D eigenvalue weighted by Gasteiger charge is 2.39. The summed E-state index contributed by atoms with van der Waals surface area (Å²) in [5, 5.41) is 5.01. The van der Waals surface area contributed by atoms with Crippen LogP contribution in [0.1, 0.15) is 42.5 Å². The van der Waals surface area contributed by atoms with Crippen LogP contribution in [0.4, 0.5) is 5.69 Å². The molecular weight excluding hydrogens is 500 g/mol. The van der Waals surface area contributed by atoms with Crippen molar-refractivity contribution in [1.29, 1.82) is 0 Å². The number of amides is 2. The number of nitrogens with zero attached hydrogens (tertiary/aromatic N) is 3. The number of aromatic nitrogens is 2. The number of unbranched alkanes of at least 4 members (excludes halogenated alkanes) is 2. The standard InChI is InChI=1S/C29H30N4O4S/c1-36-24-17-19-21(31-28(34)23-11-7-14-33(23)29(19)35)18-25(24)37-15-6-2-5-13-32-22-10-4-3-9-20(22)30-27(32)26-12-8-16-38-26/h3-4,8-10,12,16-18,23H,2,5-7,11,13-15H2,1H3,(H,31,34)/t23-/m0/s1. The Morgan fingerprint density at radius 2 is 1.97 bits per heavy atom. The summed E-state index contributed by atoms with van der Waals surface area (Å²) in [6.45, 7) is 1.98. The van der Waals surface area contributed by atoms with Crippen molar-refractivity contribution in [3.63, 3.8) is 0 Å². The van der Waals surface area contributed by atoms with Crippen LogP contribution < -0.4 is 14.8 Å².